The Morgan fingerprint density at radius 3 is 2.86 bits per heavy atom. The van der Waals surface area contributed by atoms with Gasteiger partial charge in [0.05, 0.1) is 15.3 Å². The number of nitrogens with two attached hydrogens (primary N) is 1. The van der Waals surface area contributed by atoms with E-state index in [1.54, 1.807) is 18.2 Å². The maximum atomic E-state index is 13.6. The second-order valence-electron chi connectivity index (χ2n) is 4.29. The van der Waals surface area contributed by atoms with Crippen molar-refractivity contribution in [3.63, 3.8) is 0 Å². The summed E-state index contributed by atoms with van der Waals surface area (Å²) in [5.74, 6) is -1.12. The zero-order chi connectivity index (χ0) is 15.0. The molecule has 1 heterocycles. The molecule has 0 aliphatic rings. The number of hydrogen-bond acceptors (Lipinski definition) is 4. The Hall–Kier alpha value is -2.18. The summed E-state index contributed by atoms with van der Waals surface area (Å²) in [6.45, 7) is 0. The summed E-state index contributed by atoms with van der Waals surface area (Å²) in [5, 5.41) is 3.39. The molecule has 7 heteroatoms. The van der Waals surface area contributed by atoms with Crippen molar-refractivity contribution in [2.24, 2.45) is 0 Å². The average Bonchev–Trinajstić information content (AvgIpc) is 2.80. The molecule has 0 fully saturated rings. The molecule has 0 radical (unpaired) electrons. The molecule has 3 N–H and O–H groups in total. The third-order valence-corrected chi connectivity index (χ3v) is 3.96. The minimum absolute atomic E-state index is 0.0301. The zero-order valence-electron chi connectivity index (χ0n) is 10.6. The summed E-state index contributed by atoms with van der Waals surface area (Å²) in [4.78, 5) is 16.2. The van der Waals surface area contributed by atoms with E-state index in [0.717, 1.165) is 4.70 Å². The predicted octanol–water partition coefficient (Wildman–Crippen LogP) is 3.92. The molecule has 0 aliphatic carbocycles. The smallest absolute Gasteiger partial charge is 0.258 e. The Bertz CT molecular complexity index is 849. The van der Waals surface area contributed by atoms with Gasteiger partial charge in [-0.3, -0.25) is 4.79 Å². The maximum absolute atomic E-state index is 13.6. The molecule has 2 aromatic carbocycles. The summed E-state index contributed by atoms with van der Waals surface area (Å²) in [7, 11) is 0. The molecule has 0 saturated heterocycles. The Kier molecular flexibility index (Phi) is 3.48. The van der Waals surface area contributed by atoms with Crippen molar-refractivity contribution in [2.75, 3.05) is 11.1 Å². The lowest BCUT2D eigenvalue weighted by Crippen LogP contribution is -2.13. The van der Waals surface area contributed by atoms with Crippen LogP contribution in [0.25, 0.3) is 10.2 Å². The fourth-order valence-corrected chi connectivity index (χ4v) is 3.04. The number of amides is 1. The van der Waals surface area contributed by atoms with Crippen molar-refractivity contribution in [1.82, 2.24) is 4.98 Å². The van der Waals surface area contributed by atoms with Gasteiger partial charge in [-0.25, -0.2) is 9.37 Å². The number of nitrogens with zero attached hydrogens (tertiary/aromatic N) is 1. The van der Waals surface area contributed by atoms with Crippen LogP contribution in [0.15, 0.2) is 36.4 Å². The Morgan fingerprint density at radius 1 is 1.33 bits per heavy atom. The number of rotatable bonds is 2. The number of anilines is 2. The first-order chi connectivity index (χ1) is 10.0. The predicted molar refractivity (Wildman–Crippen MR) is 83.4 cm³/mol. The first kappa shape index (κ1) is 13.8. The van der Waals surface area contributed by atoms with Crippen molar-refractivity contribution >= 4 is 49.9 Å². The van der Waals surface area contributed by atoms with Gasteiger partial charge in [0.15, 0.2) is 5.13 Å². The van der Waals surface area contributed by atoms with E-state index in [4.69, 9.17) is 17.3 Å². The molecule has 0 spiro atoms. The number of thiazole rings is 1. The minimum atomic E-state index is -0.579. The Labute approximate surface area is 128 Å². The van der Waals surface area contributed by atoms with E-state index < -0.39 is 11.7 Å². The lowest BCUT2D eigenvalue weighted by molar-refractivity contribution is 0.102. The molecule has 106 valence electrons. The van der Waals surface area contributed by atoms with Crippen LogP contribution in [0, 0.1) is 5.82 Å². The van der Waals surface area contributed by atoms with Crippen LogP contribution in [-0.2, 0) is 0 Å². The number of halogens is 2. The highest BCUT2D eigenvalue weighted by molar-refractivity contribution is 7.22. The van der Waals surface area contributed by atoms with Crippen molar-refractivity contribution in [2.45, 2.75) is 0 Å². The van der Waals surface area contributed by atoms with Gasteiger partial charge in [-0.2, -0.15) is 0 Å². The van der Waals surface area contributed by atoms with Gasteiger partial charge < -0.3 is 11.1 Å². The van der Waals surface area contributed by atoms with Crippen LogP contribution in [0.5, 0.6) is 0 Å². The van der Waals surface area contributed by atoms with Gasteiger partial charge in [0.25, 0.3) is 5.91 Å². The number of nitrogen functional groups attached to an aromatic ring is 1. The molecule has 3 rings (SSSR count). The van der Waals surface area contributed by atoms with Gasteiger partial charge in [0.1, 0.15) is 11.3 Å². The normalized spacial score (nSPS) is 10.8. The molecule has 0 saturated carbocycles. The fraction of sp³-hybridized carbons (Fsp3) is 0. The highest BCUT2D eigenvalue weighted by atomic mass is 35.5. The van der Waals surface area contributed by atoms with Crippen LogP contribution < -0.4 is 11.1 Å². The largest absolute Gasteiger partial charge is 0.375 e. The first-order valence-corrected chi connectivity index (χ1v) is 7.15. The van der Waals surface area contributed by atoms with E-state index in [1.165, 1.54) is 29.5 Å². The lowest BCUT2D eigenvalue weighted by atomic mass is 10.2. The second-order valence-corrected chi connectivity index (χ2v) is 5.76. The number of aromatic nitrogens is 1. The monoisotopic (exact) mass is 321 g/mol. The minimum Gasteiger partial charge on any atom is -0.375 e. The van der Waals surface area contributed by atoms with Gasteiger partial charge in [0.2, 0.25) is 0 Å². The summed E-state index contributed by atoms with van der Waals surface area (Å²) < 4.78 is 14.3. The van der Waals surface area contributed by atoms with Crippen LogP contribution in [-0.4, -0.2) is 10.9 Å². The van der Waals surface area contributed by atoms with Gasteiger partial charge in [-0.05, 0) is 24.3 Å². The molecule has 4 nitrogen and oxygen atoms in total. The third kappa shape index (κ3) is 2.68. The summed E-state index contributed by atoms with van der Waals surface area (Å²) in [5.41, 5.74) is 6.65. The number of carbonyl (C=O) groups is 1. The summed E-state index contributed by atoms with van der Waals surface area (Å²) in [6.07, 6.45) is 0. The van der Waals surface area contributed by atoms with E-state index in [1.807, 2.05) is 0 Å². The van der Waals surface area contributed by atoms with Gasteiger partial charge in [-0.15, -0.1) is 0 Å². The third-order valence-electron chi connectivity index (χ3n) is 2.84. The summed E-state index contributed by atoms with van der Waals surface area (Å²) >= 11 is 7.36. The highest BCUT2D eigenvalue weighted by Crippen LogP contribution is 2.32. The topological polar surface area (TPSA) is 68.0 Å². The molecule has 21 heavy (non-hydrogen) atoms. The molecular weight excluding hydrogens is 313 g/mol. The van der Waals surface area contributed by atoms with Crippen LogP contribution in [0.3, 0.4) is 0 Å². The fourth-order valence-electron chi connectivity index (χ4n) is 1.92. The van der Waals surface area contributed by atoms with Crippen LogP contribution in [0.1, 0.15) is 10.4 Å². The van der Waals surface area contributed by atoms with Gasteiger partial charge in [-0.1, -0.05) is 35.1 Å². The highest BCUT2D eigenvalue weighted by Gasteiger charge is 2.13. The standard InChI is InChI=1S/C14H9ClFN3OS/c15-9-5-7(6-11-12(9)19-14(17)21-11)18-13(20)8-3-1-2-4-10(8)16/h1-6H,(H2,17,19)(H,18,20). The molecular formula is C14H9ClFN3OS. The van der Waals surface area contributed by atoms with Crippen LogP contribution in [0.2, 0.25) is 5.02 Å². The van der Waals surface area contributed by atoms with E-state index in [9.17, 15) is 9.18 Å². The van der Waals surface area contributed by atoms with Crippen molar-refractivity contribution in [3.05, 3.63) is 52.8 Å². The zero-order valence-corrected chi connectivity index (χ0v) is 12.1. The van der Waals surface area contributed by atoms with E-state index in [0.29, 0.717) is 21.4 Å². The second kappa shape index (κ2) is 5.31. The molecule has 1 amide bonds. The Balaban J connectivity index is 1.95. The Morgan fingerprint density at radius 2 is 2.10 bits per heavy atom. The number of fused-ring (bicyclic) bond motifs is 1. The van der Waals surface area contributed by atoms with Crippen LogP contribution in [0.4, 0.5) is 15.2 Å². The van der Waals surface area contributed by atoms with E-state index >= 15 is 0 Å². The number of hydrogen-bond donors (Lipinski definition) is 2. The van der Waals surface area contributed by atoms with Gasteiger partial charge >= 0.3 is 0 Å². The number of benzene rings is 2. The molecule has 0 atom stereocenters. The molecule has 1 aromatic heterocycles. The average molecular weight is 322 g/mol. The van der Waals surface area contributed by atoms with E-state index in [2.05, 4.69) is 10.3 Å². The molecule has 0 unspecified atom stereocenters. The summed E-state index contributed by atoms with van der Waals surface area (Å²) in [6, 6.07) is 9.02. The van der Waals surface area contributed by atoms with Crippen molar-refractivity contribution in [1.29, 1.82) is 0 Å². The number of nitrogens with one attached hydrogen (secondary N) is 1. The molecule has 0 bridgehead atoms. The molecule has 0 aliphatic heterocycles. The first-order valence-electron chi connectivity index (χ1n) is 5.96. The van der Waals surface area contributed by atoms with E-state index in [-0.39, 0.29) is 5.56 Å². The number of carbonyl (C=O) groups excluding carboxylic acids is 1. The van der Waals surface area contributed by atoms with Crippen molar-refractivity contribution in [3.8, 4) is 0 Å². The molecule has 3 aromatic rings. The SMILES string of the molecule is Nc1nc2c(Cl)cc(NC(=O)c3ccccc3F)cc2s1. The lowest BCUT2D eigenvalue weighted by Gasteiger charge is -2.06. The van der Waals surface area contributed by atoms with Gasteiger partial charge in [0, 0.05) is 5.69 Å². The van der Waals surface area contributed by atoms with Crippen molar-refractivity contribution < 1.29 is 9.18 Å². The maximum Gasteiger partial charge on any atom is 0.258 e. The van der Waals surface area contributed by atoms with Crippen LogP contribution >= 0.6 is 22.9 Å². The quantitative estimate of drug-likeness (QED) is 0.751.